The molecule has 1 heterocycles. The average molecular weight is 499 g/mol. The molecule has 0 aliphatic rings. The van der Waals surface area contributed by atoms with Crippen molar-refractivity contribution in [3.05, 3.63) is 93.6 Å². The summed E-state index contributed by atoms with van der Waals surface area (Å²) in [5.74, 6) is -0.123. The van der Waals surface area contributed by atoms with Crippen molar-refractivity contribution >= 4 is 46.1 Å². The number of ether oxygens (including phenoxy) is 1. The van der Waals surface area contributed by atoms with Gasteiger partial charge < -0.3 is 10.1 Å². The van der Waals surface area contributed by atoms with Crippen LogP contribution in [0.1, 0.15) is 34.7 Å². The van der Waals surface area contributed by atoms with Crippen LogP contribution in [-0.4, -0.2) is 16.9 Å². The van der Waals surface area contributed by atoms with E-state index in [-0.39, 0.29) is 11.9 Å². The second-order valence-electron chi connectivity index (χ2n) is 8.90. The van der Waals surface area contributed by atoms with Gasteiger partial charge in [0.25, 0.3) is 0 Å². The molecule has 1 N–H and O–H groups in total. The van der Waals surface area contributed by atoms with E-state index < -0.39 is 0 Å². The summed E-state index contributed by atoms with van der Waals surface area (Å²) in [5, 5.41) is 4.51. The number of benzene rings is 3. The molecular formula is C30H27ClN2O3. The molecule has 5 nitrogen and oxygen atoms in total. The lowest BCUT2D eigenvalue weighted by molar-refractivity contribution is -0.132. The lowest BCUT2D eigenvalue weighted by Crippen LogP contribution is -2.10. The van der Waals surface area contributed by atoms with Gasteiger partial charge in [-0.25, -0.2) is 0 Å². The van der Waals surface area contributed by atoms with Gasteiger partial charge in [0.15, 0.2) is 0 Å². The zero-order valence-corrected chi connectivity index (χ0v) is 21.7. The summed E-state index contributed by atoms with van der Waals surface area (Å²) < 4.78 is 5.29. The van der Waals surface area contributed by atoms with Gasteiger partial charge in [0, 0.05) is 34.5 Å². The Morgan fingerprint density at radius 2 is 1.67 bits per heavy atom. The van der Waals surface area contributed by atoms with Gasteiger partial charge in [0.05, 0.1) is 17.4 Å². The van der Waals surface area contributed by atoms with Crippen LogP contribution in [-0.2, 0) is 9.59 Å². The number of esters is 1. The number of nitrogens with one attached hydrogen (secondary N) is 1. The van der Waals surface area contributed by atoms with Crippen molar-refractivity contribution in [1.29, 1.82) is 0 Å². The third-order valence-electron chi connectivity index (χ3n) is 5.86. The highest BCUT2D eigenvalue weighted by atomic mass is 35.5. The van der Waals surface area contributed by atoms with Gasteiger partial charge in [-0.15, -0.1) is 0 Å². The minimum absolute atomic E-state index is 0.298. The second kappa shape index (κ2) is 10.3. The van der Waals surface area contributed by atoms with E-state index in [1.807, 2.05) is 64.1 Å². The molecule has 4 aromatic rings. The van der Waals surface area contributed by atoms with Crippen molar-refractivity contribution in [2.75, 3.05) is 5.32 Å². The highest BCUT2D eigenvalue weighted by Crippen LogP contribution is 2.39. The predicted molar refractivity (Wildman–Crippen MR) is 147 cm³/mol. The number of aromatic nitrogens is 1. The molecule has 0 saturated carbocycles. The quantitative estimate of drug-likeness (QED) is 0.177. The van der Waals surface area contributed by atoms with E-state index in [1.165, 1.54) is 13.0 Å². The molecule has 6 heteroatoms. The molecule has 1 aromatic heterocycles. The molecule has 0 radical (unpaired) electrons. The Balaban J connectivity index is 1.71. The largest absolute Gasteiger partial charge is 0.426 e. The van der Waals surface area contributed by atoms with Crippen LogP contribution in [0.3, 0.4) is 0 Å². The first-order valence-electron chi connectivity index (χ1n) is 11.6. The fourth-order valence-electron chi connectivity index (χ4n) is 4.44. The standard InChI is InChI=1S/C30H27ClN2O3/c1-17-12-18(2)29-24(13-17)28(23-8-6-7-9-25(23)31)26(16-32-29)33-27(35)11-10-22-14-19(3)30(20(4)15-22)36-21(5)34/h6-16H,1-5H3,(H,33,35)/b11-10+. The molecule has 0 aliphatic heterocycles. The number of aryl methyl sites for hydroxylation is 4. The zero-order chi connectivity index (χ0) is 26.0. The molecule has 3 aromatic carbocycles. The number of hydrogen-bond acceptors (Lipinski definition) is 4. The van der Waals surface area contributed by atoms with Crippen LogP contribution in [0.4, 0.5) is 5.69 Å². The van der Waals surface area contributed by atoms with Crippen molar-refractivity contribution < 1.29 is 14.3 Å². The molecule has 36 heavy (non-hydrogen) atoms. The topological polar surface area (TPSA) is 68.3 Å². The second-order valence-corrected chi connectivity index (χ2v) is 9.31. The molecule has 0 bridgehead atoms. The van der Waals surface area contributed by atoms with Crippen molar-refractivity contribution in [2.45, 2.75) is 34.6 Å². The number of amides is 1. The summed E-state index contributed by atoms with van der Waals surface area (Å²) in [5.41, 5.74) is 7.70. The third kappa shape index (κ3) is 5.31. The van der Waals surface area contributed by atoms with E-state index in [0.29, 0.717) is 16.5 Å². The number of nitrogens with zero attached hydrogens (tertiary/aromatic N) is 1. The SMILES string of the molecule is CC(=O)Oc1c(C)cc(/C=C/C(=O)Nc2cnc3c(C)cc(C)cc3c2-c2ccccc2Cl)cc1C. The normalized spacial score (nSPS) is 11.2. The third-order valence-corrected chi connectivity index (χ3v) is 6.19. The molecule has 0 unspecified atom stereocenters. The number of fused-ring (bicyclic) bond motifs is 1. The maximum Gasteiger partial charge on any atom is 0.308 e. The van der Waals surface area contributed by atoms with Gasteiger partial charge in [0.1, 0.15) is 5.75 Å². The summed E-state index contributed by atoms with van der Waals surface area (Å²) in [6.45, 7) is 9.16. The molecule has 4 rings (SSSR count). The van der Waals surface area contributed by atoms with E-state index in [2.05, 4.69) is 22.4 Å². The molecule has 0 saturated heterocycles. The zero-order valence-electron chi connectivity index (χ0n) is 20.9. The number of pyridine rings is 1. The summed E-state index contributed by atoms with van der Waals surface area (Å²) >= 11 is 6.58. The van der Waals surface area contributed by atoms with Crippen molar-refractivity contribution in [3.8, 4) is 16.9 Å². The van der Waals surface area contributed by atoms with Gasteiger partial charge in [-0.2, -0.15) is 0 Å². The minimum Gasteiger partial charge on any atom is -0.426 e. The number of rotatable bonds is 5. The van der Waals surface area contributed by atoms with Gasteiger partial charge in [0.2, 0.25) is 5.91 Å². The van der Waals surface area contributed by atoms with Crippen molar-refractivity contribution in [3.63, 3.8) is 0 Å². The molecule has 182 valence electrons. The minimum atomic E-state index is -0.368. The van der Waals surface area contributed by atoms with Crippen LogP contribution >= 0.6 is 11.6 Å². The highest BCUT2D eigenvalue weighted by molar-refractivity contribution is 6.34. The first-order valence-corrected chi connectivity index (χ1v) is 12.0. The molecule has 0 spiro atoms. The van der Waals surface area contributed by atoms with Gasteiger partial charge >= 0.3 is 5.97 Å². The van der Waals surface area contributed by atoms with Crippen LogP contribution in [0.15, 0.2) is 60.8 Å². The van der Waals surface area contributed by atoms with Crippen molar-refractivity contribution in [2.24, 2.45) is 0 Å². The number of carbonyl (C=O) groups is 2. The van der Waals surface area contributed by atoms with E-state index >= 15 is 0 Å². The summed E-state index contributed by atoms with van der Waals surface area (Å²) in [4.78, 5) is 29.0. The number of anilines is 1. The first-order chi connectivity index (χ1) is 17.1. The Kier molecular flexibility index (Phi) is 7.22. The maximum absolute atomic E-state index is 13.0. The summed E-state index contributed by atoms with van der Waals surface area (Å²) in [6.07, 6.45) is 4.88. The lowest BCUT2D eigenvalue weighted by Gasteiger charge is -2.16. The van der Waals surface area contributed by atoms with Gasteiger partial charge in [-0.3, -0.25) is 14.6 Å². The first kappa shape index (κ1) is 25.1. The van der Waals surface area contributed by atoms with E-state index in [1.54, 1.807) is 12.3 Å². The average Bonchev–Trinajstić information content (AvgIpc) is 2.80. The highest BCUT2D eigenvalue weighted by Gasteiger charge is 2.16. The maximum atomic E-state index is 13.0. The van der Waals surface area contributed by atoms with Gasteiger partial charge in [-0.05, 0) is 80.3 Å². The summed E-state index contributed by atoms with van der Waals surface area (Å²) in [7, 11) is 0. The molecular weight excluding hydrogens is 472 g/mol. The van der Waals surface area contributed by atoms with E-state index in [0.717, 1.165) is 49.8 Å². The monoisotopic (exact) mass is 498 g/mol. The Labute approximate surface area is 215 Å². The Morgan fingerprint density at radius 3 is 2.33 bits per heavy atom. The van der Waals surface area contributed by atoms with Crippen LogP contribution < -0.4 is 10.1 Å². The van der Waals surface area contributed by atoms with Crippen LogP contribution in [0.5, 0.6) is 5.75 Å². The Morgan fingerprint density at radius 1 is 0.972 bits per heavy atom. The van der Waals surface area contributed by atoms with Crippen LogP contribution in [0.25, 0.3) is 28.1 Å². The van der Waals surface area contributed by atoms with E-state index in [4.69, 9.17) is 16.3 Å². The van der Waals surface area contributed by atoms with Crippen LogP contribution in [0.2, 0.25) is 5.02 Å². The van der Waals surface area contributed by atoms with Crippen LogP contribution in [0, 0.1) is 27.7 Å². The molecule has 0 aliphatic carbocycles. The predicted octanol–water partition coefficient (Wildman–Crippen LogP) is 7.37. The fraction of sp³-hybridized carbons (Fsp3) is 0.167. The molecule has 1 amide bonds. The fourth-order valence-corrected chi connectivity index (χ4v) is 4.67. The molecule has 0 atom stereocenters. The lowest BCUT2D eigenvalue weighted by atomic mass is 9.96. The van der Waals surface area contributed by atoms with Gasteiger partial charge in [-0.1, -0.05) is 41.4 Å². The number of halogens is 1. The number of hydrogen-bond donors (Lipinski definition) is 1. The number of carbonyl (C=O) groups excluding carboxylic acids is 2. The smallest absolute Gasteiger partial charge is 0.308 e. The van der Waals surface area contributed by atoms with Crippen molar-refractivity contribution in [1.82, 2.24) is 4.98 Å². The Hall–Kier alpha value is -3.96. The van der Waals surface area contributed by atoms with E-state index in [9.17, 15) is 9.59 Å². The molecule has 0 fully saturated rings. The summed E-state index contributed by atoms with van der Waals surface area (Å²) in [6, 6.07) is 15.5. The Bertz CT molecular complexity index is 1520.